The Bertz CT molecular complexity index is 2840. The minimum Gasteiger partial charge on any atom is -0.456 e. The van der Waals surface area contributed by atoms with Crippen LogP contribution < -0.4 is 0 Å². The Morgan fingerprint density at radius 2 is 1.19 bits per heavy atom. The molecule has 0 unspecified atom stereocenters. The van der Waals surface area contributed by atoms with Crippen LogP contribution in [0.3, 0.4) is 0 Å². The summed E-state index contributed by atoms with van der Waals surface area (Å²) in [4.78, 5) is 10.2. The first-order valence-electron chi connectivity index (χ1n) is 17.6. The average molecular weight is 670 g/mol. The molecule has 9 aromatic rings. The predicted molar refractivity (Wildman–Crippen MR) is 219 cm³/mol. The van der Waals surface area contributed by atoms with Gasteiger partial charge in [0.25, 0.3) is 0 Å². The number of hydrogen-bond donors (Lipinski definition) is 0. The third-order valence-corrected chi connectivity index (χ3v) is 9.79. The molecule has 0 saturated heterocycles. The first-order valence-corrected chi connectivity index (χ1v) is 17.6. The molecule has 0 saturated carbocycles. The van der Waals surface area contributed by atoms with E-state index in [0.29, 0.717) is 5.84 Å². The van der Waals surface area contributed by atoms with Crippen LogP contribution in [-0.2, 0) is 0 Å². The molecule has 9 rings (SSSR count). The van der Waals surface area contributed by atoms with Crippen LogP contribution in [-0.4, -0.2) is 16.1 Å². The second-order valence-corrected chi connectivity index (χ2v) is 13.0. The van der Waals surface area contributed by atoms with Crippen LogP contribution in [0.2, 0.25) is 0 Å². The molecule has 4 heteroatoms. The zero-order valence-electron chi connectivity index (χ0n) is 29.0. The minimum absolute atomic E-state index is 0.656. The third-order valence-electron chi connectivity index (χ3n) is 9.79. The van der Waals surface area contributed by atoms with Crippen LogP contribution in [0, 0.1) is 0 Å². The van der Waals surface area contributed by atoms with E-state index in [1.54, 1.807) is 0 Å². The van der Waals surface area contributed by atoms with E-state index in [-0.39, 0.29) is 0 Å². The molecule has 0 aliphatic heterocycles. The predicted octanol–water partition coefficient (Wildman–Crippen LogP) is 12.7. The third kappa shape index (κ3) is 5.51. The van der Waals surface area contributed by atoms with E-state index in [9.17, 15) is 0 Å². The van der Waals surface area contributed by atoms with Crippen molar-refractivity contribution < 1.29 is 4.42 Å². The lowest BCUT2D eigenvalue weighted by Crippen LogP contribution is -2.04. The van der Waals surface area contributed by atoms with Gasteiger partial charge in [-0.25, -0.2) is 9.98 Å². The Morgan fingerprint density at radius 3 is 1.96 bits per heavy atom. The minimum atomic E-state index is 0.656. The van der Waals surface area contributed by atoms with Crippen LogP contribution in [0.4, 0.5) is 0 Å². The summed E-state index contributed by atoms with van der Waals surface area (Å²) in [6.45, 7) is 4.05. The molecule has 0 amide bonds. The first kappa shape index (κ1) is 31.2. The number of hydrogen-bond acceptors (Lipinski definition) is 2. The standard InChI is InChI=1S/C48H35N3O/c1-3-41(34-18-9-5-10-19-34)50-48(35-20-11-6-12-21-35)49-32(2)36-26-29-40-46(31-36)52-45-25-15-24-43(47(40)45)51-42-23-14-13-22-38(42)39-28-27-37(30-44(39)51)33-16-7-4-8-17-33/h3-31H,1-2H3/b41-3+,49-32?,50-48?. The van der Waals surface area contributed by atoms with E-state index in [0.717, 1.165) is 66.8 Å². The molecule has 0 aliphatic rings. The van der Waals surface area contributed by atoms with Gasteiger partial charge in [-0.1, -0.05) is 140 Å². The van der Waals surface area contributed by atoms with Crippen molar-refractivity contribution >= 4 is 61.0 Å². The van der Waals surface area contributed by atoms with Gasteiger partial charge in [0.1, 0.15) is 11.2 Å². The van der Waals surface area contributed by atoms with Crippen molar-refractivity contribution in [2.45, 2.75) is 13.8 Å². The van der Waals surface area contributed by atoms with Crippen LogP contribution in [0.15, 0.2) is 190 Å². The molecule has 0 spiro atoms. The fraction of sp³-hybridized carbons (Fsp3) is 0.0417. The number of benzene rings is 7. The van der Waals surface area contributed by atoms with E-state index >= 15 is 0 Å². The van der Waals surface area contributed by atoms with Crippen molar-refractivity contribution in [1.29, 1.82) is 0 Å². The lowest BCUT2D eigenvalue weighted by molar-refractivity contribution is 0.668. The Hall–Kier alpha value is -6.78. The number of amidine groups is 1. The number of aromatic nitrogens is 1. The van der Waals surface area contributed by atoms with Gasteiger partial charge < -0.3 is 8.98 Å². The molecule has 7 aromatic carbocycles. The van der Waals surface area contributed by atoms with E-state index in [2.05, 4.69) is 138 Å². The van der Waals surface area contributed by atoms with Crippen molar-refractivity contribution in [1.82, 2.24) is 4.57 Å². The van der Waals surface area contributed by atoms with Crippen molar-refractivity contribution in [2.75, 3.05) is 0 Å². The second kappa shape index (κ2) is 13.2. The average Bonchev–Trinajstić information content (AvgIpc) is 3.75. The number of allylic oxidation sites excluding steroid dienone is 1. The van der Waals surface area contributed by atoms with Crippen molar-refractivity contribution in [3.05, 3.63) is 193 Å². The fourth-order valence-electron chi connectivity index (χ4n) is 7.24. The summed E-state index contributed by atoms with van der Waals surface area (Å²) in [5.41, 5.74) is 12.1. The Kier molecular flexibility index (Phi) is 7.90. The maximum Gasteiger partial charge on any atom is 0.160 e. The van der Waals surface area contributed by atoms with Gasteiger partial charge in [-0.3, -0.25) is 0 Å². The SMILES string of the molecule is C/C=C(/N=C(N=C(C)c1ccc2c(c1)oc1cccc(-n3c4ccccc4c4ccc(-c5ccccc5)cc43)c12)c1ccccc1)c1ccccc1. The van der Waals surface area contributed by atoms with Gasteiger partial charge >= 0.3 is 0 Å². The lowest BCUT2D eigenvalue weighted by Gasteiger charge is -2.11. The van der Waals surface area contributed by atoms with Crippen LogP contribution in [0.25, 0.3) is 66.3 Å². The van der Waals surface area contributed by atoms with Gasteiger partial charge in [0.15, 0.2) is 5.84 Å². The van der Waals surface area contributed by atoms with Gasteiger partial charge in [-0.15, -0.1) is 0 Å². The van der Waals surface area contributed by atoms with Crippen LogP contribution in [0.5, 0.6) is 0 Å². The number of para-hydroxylation sites is 1. The summed E-state index contributed by atoms with van der Waals surface area (Å²) >= 11 is 0. The van der Waals surface area contributed by atoms with Crippen LogP contribution in [0.1, 0.15) is 30.5 Å². The number of fused-ring (bicyclic) bond motifs is 6. The normalized spacial score (nSPS) is 12.8. The van der Waals surface area contributed by atoms with Gasteiger partial charge in [0.2, 0.25) is 0 Å². The quantitative estimate of drug-likeness (QED) is 0.128. The first-order chi connectivity index (χ1) is 25.7. The van der Waals surface area contributed by atoms with Gasteiger partial charge in [0.05, 0.1) is 27.8 Å². The molecule has 52 heavy (non-hydrogen) atoms. The van der Waals surface area contributed by atoms with E-state index in [1.807, 2.05) is 56.3 Å². The molecule has 0 radical (unpaired) electrons. The molecule has 2 heterocycles. The highest BCUT2D eigenvalue weighted by Gasteiger charge is 2.19. The highest BCUT2D eigenvalue weighted by atomic mass is 16.3. The largest absolute Gasteiger partial charge is 0.456 e. The van der Waals surface area contributed by atoms with Crippen molar-refractivity contribution in [2.24, 2.45) is 9.98 Å². The Labute approximate surface area is 302 Å². The fourth-order valence-corrected chi connectivity index (χ4v) is 7.24. The summed E-state index contributed by atoms with van der Waals surface area (Å²) < 4.78 is 9.01. The molecule has 0 atom stereocenters. The van der Waals surface area contributed by atoms with Gasteiger partial charge in [-0.05, 0) is 72.5 Å². The zero-order chi connectivity index (χ0) is 35.0. The molecule has 2 aromatic heterocycles. The number of aliphatic imine (C=N–C) groups is 2. The van der Waals surface area contributed by atoms with E-state index in [4.69, 9.17) is 14.4 Å². The summed E-state index contributed by atoms with van der Waals surface area (Å²) in [5, 5.41) is 4.58. The Balaban J connectivity index is 1.19. The topological polar surface area (TPSA) is 42.8 Å². The molecule has 0 N–H and O–H groups in total. The highest BCUT2D eigenvalue weighted by Crippen LogP contribution is 2.40. The maximum absolute atomic E-state index is 6.62. The smallest absolute Gasteiger partial charge is 0.160 e. The summed E-state index contributed by atoms with van der Waals surface area (Å²) in [6, 6.07) is 59.2. The van der Waals surface area contributed by atoms with Gasteiger partial charge in [0, 0.05) is 27.4 Å². The number of furan rings is 1. The molecule has 0 fully saturated rings. The highest BCUT2D eigenvalue weighted by molar-refractivity contribution is 6.17. The molecule has 4 nitrogen and oxygen atoms in total. The van der Waals surface area contributed by atoms with Crippen molar-refractivity contribution in [3.63, 3.8) is 0 Å². The van der Waals surface area contributed by atoms with Crippen molar-refractivity contribution in [3.8, 4) is 16.8 Å². The number of nitrogens with zero attached hydrogens (tertiary/aromatic N) is 3. The number of rotatable bonds is 6. The molecule has 0 aliphatic carbocycles. The maximum atomic E-state index is 6.62. The second-order valence-electron chi connectivity index (χ2n) is 13.0. The monoisotopic (exact) mass is 669 g/mol. The summed E-state index contributed by atoms with van der Waals surface area (Å²) in [6.07, 6.45) is 2.03. The summed E-state index contributed by atoms with van der Waals surface area (Å²) in [7, 11) is 0. The molecule has 248 valence electrons. The zero-order valence-corrected chi connectivity index (χ0v) is 29.0. The Morgan fingerprint density at radius 1 is 0.519 bits per heavy atom. The van der Waals surface area contributed by atoms with Gasteiger partial charge in [-0.2, -0.15) is 0 Å². The molecule has 0 bridgehead atoms. The summed E-state index contributed by atoms with van der Waals surface area (Å²) in [5.74, 6) is 0.656. The van der Waals surface area contributed by atoms with E-state index in [1.165, 1.54) is 21.9 Å². The molecular weight excluding hydrogens is 635 g/mol. The van der Waals surface area contributed by atoms with Crippen LogP contribution >= 0.6 is 0 Å². The molecular formula is C48H35N3O. The lowest BCUT2D eigenvalue weighted by atomic mass is 10.0. The van der Waals surface area contributed by atoms with E-state index < -0.39 is 0 Å².